The first kappa shape index (κ1) is 16.4. The summed E-state index contributed by atoms with van der Waals surface area (Å²) in [7, 11) is -2.83. The summed E-state index contributed by atoms with van der Waals surface area (Å²) in [5.41, 5.74) is 0. The highest BCUT2D eigenvalue weighted by Gasteiger charge is 2.16. The Morgan fingerprint density at radius 3 is 2.17 bits per heavy atom. The van der Waals surface area contributed by atoms with Crippen LogP contribution in [0, 0.1) is 0 Å². The highest BCUT2D eigenvalue weighted by atomic mass is 79.9. The first-order valence-electron chi connectivity index (χ1n) is 6.78. The summed E-state index contributed by atoms with van der Waals surface area (Å²) in [5, 5.41) is 1.01. The van der Waals surface area contributed by atoms with Crippen LogP contribution in [0.2, 0.25) is 0 Å². The van der Waals surface area contributed by atoms with Crippen molar-refractivity contribution in [2.24, 2.45) is 0 Å². The van der Waals surface area contributed by atoms with Crippen LogP contribution in [0.1, 0.15) is 19.8 Å². The molecule has 1 aliphatic rings. The molecule has 0 aromatic heterocycles. The Balaban J connectivity index is 2.31. The van der Waals surface area contributed by atoms with Crippen molar-refractivity contribution in [1.29, 1.82) is 0 Å². The van der Waals surface area contributed by atoms with Crippen LogP contribution >= 0.6 is 15.9 Å². The fraction of sp³-hybridized carbons (Fsp3) is 1.00. The lowest BCUT2D eigenvalue weighted by Gasteiger charge is -2.21. The number of hydrogen-bond donors (Lipinski definition) is 0. The molecule has 0 aliphatic carbocycles. The maximum absolute atomic E-state index is 11.7. The SMILES string of the molecule is CCCS(=O)(=O)CCN1CCCN(CCBr)CC1. The van der Waals surface area contributed by atoms with Gasteiger partial charge in [-0.1, -0.05) is 22.9 Å². The minimum Gasteiger partial charge on any atom is -0.301 e. The summed E-state index contributed by atoms with van der Waals surface area (Å²) in [6, 6.07) is 0. The second-order valence-corrected chi connectivity index (χ2v) is 7.97. The van der Waals surface area contributed by atoms with Crippen molar-refractivity contribution in [2.45, 2.75) is 19.8 Å². The van der Waals surface area contributed by atoms with Crippen LogP contribution in [0.15, 0.2) is 0 Å². The molecule has 18 heavy (non-hydrogen) atoms. The molecule has 0 amide bonds. The Hall–Kier alpha value is 0.350. The molecule has 4 nitrogen and oxygen atoms in total. The van der Waals surface area contributed by atoms with Gasteiger partial charge in [-0.05, 0) is 25.9 Å². The molecule has 0 atom stereocenters. The zero-order chi connectivity index (χ0) is 13.4. The van der Waals surface area contributed by atoms with E-state index in [-0.39, 0.29) is 0 Å². The van der Waals surface area contributed by atoms with Crippen molar-refractivity contribution < 1.29 is 8.42 Å². The van der Waals surface area contributed by atoms with E-state index in [4.69, 9.17) is 0 Å². The van der Waals surface area contributed by atoms with Crippen molar-refractivity contribution in [1.82, 2.24) is 9.80 Å². The molecule has 108 valence electrons. The summed E-state index contributed by atoms with van der Waals surface area (Å²) in [5.74, 6) is 0.649. The van der Waals surface area contributed by atoms with Gasteiger partial charge in [0.1, 0.15) is 0 Å². The van der Waals surface area contributed by atoms with Crippen LogP contribution in [-0.2, 0) is 9.84 Å². The summed E-state index contributed by atoms with van der Waals surface area (Å²) in [6.45, 7) is 7.91. The van der Waals surface area contributed by atoms with Gasteiger partial charge in [-0.15, -0.1) is 0 Å². The fourth-order valence-corrected chi connectivity index (χ4v) is 4.14. The van der Waals surface area contributed by atoms with Gasteiger partial charge in [0.05, 0.1) is 5.75 Å². The molecule has 1 heterocycles. The van der Waals surface area contributed by atoms with Crippen LogP contribution in [0.3, 0.4) is 0 Å². The number of alkyl halides is 1. The van der Waals surface area contributed by atoms with E-state index >= 15 is 0 Å². The molecular formula is C12H25BrN2O2S. The molecule has 0 saturated carbocycles. The summed E-state index contributed by atoms with van der Waals surface area (Å²) in [6.07, 6.45) is 1.86. The largest absolute Gasteiger partial charge is 0.301 e. The lowest BCUT2D eigenvalue weighted by Crippen LogP contribution is -2.34. The zero-order valence-corrected chi connectivity index (χ0v) is 13.7. The minimum atomic E-state index is -2.83. The first-order valence-corrected chi connectivity index (χ1v) is 9.73. The lowest BCUT2D eigenvalue weighted by molar-refractivity contribution is 0.273. The van der Waals surface area contributed by atoms with Gasteiger partial charge in [-0.2, -0.15) is 0 Å². The van der Waals surface area contributed by atoms with Gasteiger partial charge in [-0.3, -0.25) is 0 Å². The van der Waals surface area contributed by atoms with E-state index in [9.17, 15) is 8.42 Å². The third-order valence-corrected chi connectivity index (χ3v) is 5.51. The van der Waals surface area contributed by atoms with Crippen molar-refractivity contribution in [2.75, 3.05) is 56.1 Å². The van der Waals surface area contributed by atoms with Gasteiger partial charge >= 0.3 is 0 Å². The predicted molar refractivity (Wildman–Crippen MR) is 80.2 cm³/mol. The molecular weight excluding hydrogens is 316 g/mol. The molecule has 0 radical (unpaired) electrons. The monoisotopic (exact) mass is 340 g/mol. The van der Waals surface area contributed by atoms with E-state index in [2.05, 4.69) is 25.7 Å². The van der Waals surface area contributed by atoms with E-state index in [1.165, 1.54) is 0 Å². The zero-order valence-electron chi connectivity index (χ0n) is 11.3. The molecule has 1 rings (SSSR count). The second kappa shape index (κ2) is 8.51. The highest BCUT2D eigenvalue weighted by Crippen LogP contribution is 2.04. The molecule has 6 heteroatoms. The van der Waals surface area contributed by atoms with Gasteiger partial charge in [0.15, 0.2) is 9.84 Å². The van der Waals surface area contributed by atoms with Gasteiger partial charge in [0.2, 0.25) is 0 Å². The summed E-state index contributed by atoms with van der Waals surface area (Å²) >= 11 is 3.47. The Bertz CT molecular complexity index is 322. The lowest BCUT2D eigenvalue weighted by atomic mass is 10.4. The molecule has 0 spiro atoms. The fourth-order valence-electron chi connectivity index (χ4n) is 2.27. The predicted octanol–water partition coefficient (Wildman–Crippen LogP) is 1.21. The average molecular weight is 341 g/mol. The Kier molecular flexibility index (Phi) is 7.75. The Labute approximate surface area is 120 Å². The number of hydrogen-bond acceptors (Lipinski definition) is 4. The Morgan fingerprint density at radius 2 is 1.61 bits per heavy atom. The van der Waals surface area contributed by atoms with Crippen molar-refractivity contribution in [3.8, 4) is 0 Å². The number of nitrogens with zero attached hydrogens (tertiary/aromatic N) is 2. The first-order chi connectivity index (χ1) is 8.57. The smallest absolute Gasteiger partial charge is 0.151 e. The van der Waals surface area contributed by atoms with Crippen molar-refractivity contribution in [3.63, 3.8) is 0 Å². The van der Waals surface area contributed by atoms with Gasteiger partial charge in [0, 0.05) is 37.3 Å². The minimum absolute atomic E-state index is 0.319. The van der Waals surface area contributed by atoms with E-state index < -0.39 is 9.84 Å². The van der Waals surface area contributed by atoms with E-state index in [1.54, 1.807) is 0 Å². The third-order valence-electron chi connectivity index (χ3n) is 3.32. The number of sulfone groups is 1. The van der Waals surface area contributed by atoms with Gasteiger partial charge in [-0.25, -0.2) is 8.42 Å². The van der Waals surface area contributed by atoms with Crippen molar-refractivity contribution in [3.05, 3.63) is 0 Å². The summed E-state index contributed by atoms with van der Waals surface area (Å²) in [4.78, 5) is 4.73. The topological polar surface area (TPSA) is 40.6 Å². The van der Waals surface area contributed by atoms with Crippen LogP contribution in [0.4, 0.5) is 0 Å². The maximum atomic E-state index is 11.7. The van der Waals surface area contributed by atoms with Crippen LogP contribution in [0.5, 0.6) is 0 Å². The van der Waals surface area contributed by atoms with Crippen LogP contribution < -0.4 is 0 Å². The maximum Gasteiger partial charge on any atom is 0.151 e. The number of rotatable bonds is 7. The molecule has 0 N–H and O–H groups in total. The van der Waals surface area contributed by atoms with E-state index in [0.717, 1.165) is 50.9 Å². The molecule has 1 aliphatic heterocycles. The molecule has 0 aromatic rings. The van der Waals surface area contributed by atoms with Gasteiger partial charge in [0.25, 0.3) is 0 Å². The number of halogens is 1. The highest BCUT2D eigenvalue weighted by molar-refractivity contribution is 9.09. The normalized spacial score (nSPS) is 19.9. The van der Waals surface area contributed by atoms with Gasteiger partial charge < -0.3 is 9.80 Å². The molecule has 0 unspecified atom stereocenters. The third kappa shape index (κ3) is 6.50. The second-order valence-electron chi connectivity index (χ2n) is 4.88. The van der Waals surface area contributed by atoms with Crippen LogP contribution in [-0.4, -0.2) is 74.3 Å². The molecule has 1 fully saturated rings. The van der Waals surface area contributed by atoms with E-state index in [0.29, 0.717) is 18.1 Å². The van der Waals surface area contributed by atoms with E-state index in [1.807, 2.05) is 6.92 Å². The quantitative estimate of drug-likeness (QED) is 0.653. The molecule has 1 saturated heterocycles. The summed E-state index contributed by atoms with van der Waals surface area (Å²) < 4.78 is 23.4. The standard InChI is InChI=1S/C12H25BrN2O2S/c1-2-11-18(16,17)12-10-15-6-3-5-14(7-4-13)8-9-15/h2-12H2,1H3. The molecule has 0 aromatic carbocycles. The average Bonchev–Trinajstić information content (AvgIpc) is 2.53. The van der Waals surface area contributed by atoms with Crippen molar-refractivity contribution >= 4 is 25.8 Å². The Morgan fingerprint density at radius 1 is 1.00 bits per heavy atom. The molecule has 0 bridgehead atoms. The van der Waals surface area contributed by atoms with Crippen LogP contribution in [0.25, 0.3) is 0 Å².